The zero-order valence-electron chi connectivity index (χ0n) is 14.7. The normalized spacial score (nSPS) is 16.7. The van der Waals surface area contributed by atoms with Crippen molar-refractivity contribution in [1.29, 1.82) is 0 Å². The molecule has 0 saturated carbocycles. The summed E-state index contributed by atoms with van der Waals surface area (Å²) in [6, 6.07) is 12.1. The first kappa shape index (κ1) is 17.3. The largest absolute Gasteiger partial charge is 0.451 e. The van der Waals surface area contributed by atoms with Crippen molar-refractivity contribution in [3.63, 3.8) is 0 Å². The maximum absolute atomic E-state index is 12.7. The van der Waals surface area contributed by atoms with Crippen LogP contribution in [-0.4, -0.2) is 43.7 Å². The molecule has 136 valence electrons. The quantitative estimate of drug-likeness (QED) is 0.745. The van der Waals surface area contributed by atoms with Crippen molar-refractivity contribution < 1.29 is 13.9 Å². The Kier molecular flexibility index (Phi) is 5.06. The number of benzene rings is 1. The number of aryl methyl sites for hydroxylation is 1. The van der Waals surface area contributed by atoms with Gasteiger partial charge in [0.25, 0.3) is 5.91 Å². The molecule has 0 spiro atoms. The molecule has 1 aliphatic heterocycles. The summed E-state index contributed by atoms with van der Waals surface area (Å²) in [5.74, 6) is 0.242. The Morgan fingerprint density at radius 2 is 2.04 bits per heavy atom. The first-order valence-corrected chi connectivity index (χ1v) is 9.73. The monoisotopic (exact) mass is 370 g/mol. The Bertz CT molecular complexity index is 882. The van der Waals surface area contributed by atoms with Crippen LogP contribution in [0, 0.1) is 6.92 Å². The van der Waals surface area contributed by atoms with E-state index in [9.17, 15) is 4.79 Å². The summed E-state index contributed by atoms with van der Waals surface area (Å²) >= 11 is 1.72. The van der Waals surface area contributed by atoms with E-state index >= 15 is 0 Å². The SMILES string of the molecule is Cc1c(C(=O)NCC(c2cccs2)N2CCOCC2)oc2ccccc12. The molecule has 3 aromatic rings. The third-order valence-electron chi connectivity index (χ3n) is 4.86. The molecule has 1 unspecified atom stereocenters. The van der Waals surface area contributed by atoms with Crippen LogP contribution in [0.15, 0.2) is 46.2 Å². The Morgan fingerprint density at radius 3 is 2.77 bits per heavy atom. The van der Waals surface area contributed by atoms with Crippen LogP contribution in [-0.2, 0) is 4.74 Å². The van der Waals surface area contributed by atoms with Crippen molar-refractivity contribution in [2.24, 2.45) is 0 Å². The van der Waals surface area contributed by atoms with Crippen LogP contribution in [0.5, 0.6) is 0 Å². The van der Waals surface area contributed by atoms with Crippen LogP contribution in [0.1, 0.15) is 27.0 Å². The number of hydrogen-bond acceptors (Lipinski definition) is 5. The highest BCUT2D eigenvalue weighted by Crippen LogP contribution is 2.27. The fraction of sp³-hybridized carbons (Fsp3) is 0.350. The van der Waals surface area contributed by atoms with Gasteiger partial charge in [0.1, 0.15) is 5.58 Å². The number of carbonyl (C=O) groups is 1. The zero-order valence-corrected chi connectivity index (χ0v) is 15.6. The topological polar surface area (TPSA) is 54.7 Å². The summed E-state index contributed by atoms with van der Waals surface area (Å²) in [5, 5.41) is 6.14. The van der Waals surface area contributed by atoms with Crippen molar-refractivity contribution in [2.45, 2.75) is 13.0 Å². The summed E-state index contributed by atoms with van der Waals surface area (Å²) in [6.45, 7) is 5.70. The number of para-hydroxylation sites is 1. The number of rotatable bonds is 5. The molecule has 5 nitrogen and oxygen atoms in total. The molecule has 1 saturated heterocycles. The summed E-state index contributed by atoms with van der Waals surface area (Å²) in [5.41, 5.74) is 1.63. The fourth-order valence-corrected chi connectivity index (χ4v) is 4.30. The first-order valence-electron chi connectivity index (χ1n) is 8.85. The third-order valence-corrected chi connectivity index (χ3v) is 5.84. The highest BCUT2D eigenvalue weighted by atomic mass is 32.1. The number of thiophene rings is 1. The highest BCUT2D eigenvalue weighted by Gasteiger charge is 2.25. The van der Waals surface area contributed by atoms with Crippen molar-refractivity contribution >= 4 is 28.2 Å². The van der Waals surface area contributed by atoms with Gasteiger partial charge < -0.3 is 14.5 Å². The summed E-state index contributed by atoms with van der Waals surface area (Å²) in [4.78, 5) is 16.4. The molecule has 0 radical (unpaired) electrons. The van der Waals surface area contributed by atoms with Crippen LogP contribution in [0.25, 0.3) is 11.0 Å². The van der Waals surface area contributed by atoms with Crippen molar-refractivity contribution in [2.75, 3.05) is 32.8 Å². The molecule has 1 aliphatic rings. The molecule has 1 amide bonds. The Morgan fingerprint density at radius 1 is 1.23 bits per heavy atom. The molecule has 4 rings (SSSR count). The van der Waals surface area contributed by atoms with Gasteiger partial charge in [0.15, 0.2) is 5.76 Å². The van der Waals surface area contributed by atoms with Gasteiger partial charge >= 0.3 is 0 Å². The minimum Gasteiger partial charge on any atom is -0.451 e. The van der Waals surface area contributed by atoms with E-state index < -0.39 is 0 Å². The average molecular weight is 370 g/mol. The highest BCUT2D eigenvalue weighted by molar-refractivity contribution is 7.10. The number of ether oxygens (including phenoxy) is 1. The number of hydrogen-bond donors (Lipinski definition) is 1. The molecule has 1 fully saturated rings. The van der Waals surface area contributed by atoms with Gasteiger partial charge in [-0.2, -0.15) is 0 Å². The number of carbonyl (C=O) groups excluding carboxylic acids is 1. The lowest BCUT2D eigenvalue weighted by molar-refractivity contribution is 0.0168. The van der Waals surface area contributed by atoms with E-state index in [4.69, 9.17) is 9.15 Å². The van der Waals surface area contributed by atoms with Gasteiger partial charge in [-0.25, -0.2) is 0 Å². The molecule has 1 atom stereocenters. The van der Waals surface area contributed by atoms with Crippen LogP contribution in [0.4, 0.5) is 0 Å². The van der Waals surface area contributed by atoms with Crippen LogP contribution < -0.4 is 5.32 Å². The van der Waals surface area contributed by atoms with E-state index in [2.05, 4.69) is 27.7 Å². The lowest BCUT2D eigenvalue weighted by Crippen LogP contribution is -2.43. The minimum atomic E-state index is -0.159. The molecular formula is C20H22N2O3S. The number of morpholine rings is 1. The molecule has 2 aromatic heterocycles. The molecule has 3 heterocycles. The molecular weight excluding hydrogens is 348 g/mol. The van der Waals surface area contributed by atoms with E-state index in [-0.39, 0.29) is 11.9 Å². The van der Waals surface area contributed by atoms with Gasteiger partial charge in [-0.15, -0.1) is 11.3 Å². The van der Waals surface area contributed by atoms with Gasteiger partial charge in [0.2, 0.25) is 0 Å². The molecule has 1 aromatic carbocycles. The average Bonchev–Trinajstić information content (AvgIpc) is 3.32. The maximum atomic E-state index is 12.7. The Labute approximate surface area is 156 Å². The van der Waals surface area contributed by atoms with Gasteiger partial charge in [-0.05, 0) is 24.4 Å². The Balaban J connectivity index is 1.51. The molecule has 6 heteroatoms. The molecule has 0 bridgehead atoms. The molecule has 0 aliphatic carbocycles. The van der Waals surface area contributed by atoms with Gasteiger partial charge in [0, 0.05) is 35.5 Å². The lowest BCUT2D eigenvalue weighted by Gasteiger charge is -2.34. The van der Waals surface area contributed by atoms with E-state index in [1.807, 2.05) is 31.2 Å². The second-order valence-electron chi connectivity index (χ2n) is 6.44. The summed E-state index contributed by atoms with van der Waals surface area (Å²) in [6.07, 6.45) is 0. The number of nitrogens with zero attached hydrogens (tertiary/aromatic N) is 1. The van der Waals surface area contributed by atoms with E-state index in [0.29, 0.717) is 12.3 Å². The van der Waals surface area contributed by atoms with Gasteiger partial charge in [0.05, 0.1) is 19.3 Å². The van der Waals surface area contributed by atoms with Crippen molar-refractivity contribution in [3.05, 3.63) is 58.0 Å². The van der Waals surface area contributed by atoms with Crippen LogP contribution in [0.2, 0.25) is 0 Å². The number of amides is 1. The zero-order chi connectivity index (χ0) is 17.9. The van der Waals surface area contributed by atoms with Crippen molar-refractivity contribution in [3.8, 4) is 0 Å². The number of nitrogens with one attached hydrogen (secondary N) is 1. The van der Waals surface area contributed by atoms with E-state index in [1.54, 1.807) is 11.3 Å². The minimum absolute atomic E-state index is 0.159. The molecule has 26 heavy (non-hydrogen) atoms. The van der Waals surface area contributed by atoms with Crippen molar-refractivity contribution in [1.82, 2.24) is 10.2 Å². The fourth-order valence-electron chi connectivity index (χ4n) is 3.44. The van der Waals surface area contributed by atoms with Crippen LogP contribution >= 0.6 is 11.3 Å². The third kappa shape index (κ3) is 3.40. The summed E-state index contributed by atoms with van der Waals surface area (Å²) < 4.78 is 11.3. The Hall–Kier alpha value is -2.15. The first-order chi connectivity index (χ1) is 12.7. The van der Waals surface area contributed by atoms with E-state index in [0.717, 1.165) is 42.8 Å². The van der Waals surface area contributed by atoms with Crippen LogP contribution in [0.3, 0.4) is 0 Å². The van der Waals surface area contributed by atoms with E-state index in [1.165, 1.54) is 4.88 Å². The smallest absolute Gasteiger partial charge is 0.287 e. The summed E-state index contributed by atoms with van der Waals surface area (Å²) in [7, 11) is 0. The molecule has 1 N–H and O–H groups in total. The standard InChI is InChI=1S/C20H22N2O3S/c1-14-15-5-2-3-6-17(15)25-19(14)20(23)21-13-16(18-7-4-12-26-18)22-8-10-24-11-9-22/h2-7,12,16H,8-11,13H2,1H3,(H,21,23). The predicted octanol–water partition coefficient (Wildman–Crippen LogP) is 3.61. The second-order valence-corrected chi connectivity index (χ2v) is 7.42. The second kappa shape index (κ2) is 7.61. The van der Waals surface area contributed by atoms with Gasteiger partial charge in [-0.3, -0.25) is 9.69 Å². The number of fused-ring (bicyclic) bond motifs is 1. The van der Waals surface area contributed by atoms with Gasteiger partial charge in [-0.1, -0.05) is 24.3 Å². The lowest BCUT2D eigenvalue weighted by atomic mass is 10.1. The number of furan rings is 1. The predicted molar refractivity (Wildman–Crippen MR) is 103 cm³/mol. The maximum Gasteiger partial charge on any atom is 0.287 e.